The van der Waals surface area contributed by atoms with Gasteiger partial charge in [-0.2, -0.15) is 0 Å². The van der Waals surface area contributed by atoms with Crippen molar-refractivity contribution in [2.75, 3.05) is 6.61 Å². The summed E-state index contributed by atoms with van der Waals surface area (Å²) in [5, 5.41) is 33.8. The molecule has 0 aromatic heterocycles. The standard InChI is InChI=1S/C7H6O4.C2H6O/c8-5-3-1-2-4(6(5)9)7(10)11;1-2-3/h1-3,8-9H,(H,10,11);3H,2H2,1H3. The van der Waals surface area contributed by atoms with Crippen LogP contribution in [0.5, 0.6) is 11.5 Å². The summed E-state index contributed by atoms with van der Waals surface area (Å²) in [6, 6.07) is 3.76. The zero-order chi connectivity index (χ0) is 11.1. The number of phenols is 2. The van der Waals surface area contributed by atoms with E-state index in [-0.39, 0.29) is 12.2 Å². The highest BCUT2D eigenvalue weighted by Crippen LogP contribution is 2.27. The first-order valence-corrected chi connectivity index (χ1v) is 3.89. The molecule has 0 saturated heterocycles. The molecule has 0 radical (unpaired) electrons. The Morgan fingerprint density at radius 2 is 1.86 bits per heavy atom. The maximum atomic E-state index is 10.3. The summed E-state index contributed by atoms with van der Waals surface area (Å²) in [7, 11) is 0. The summed E-state index contributed by atoms with van der Waals surface area (Å²) >= 11 is 0. The number of carboxylic acid groups (broad SMARTS) is 1. The number of rotatable bonds is 1. The van der Waals surface area contributed by atoms with Crippen molar-refractivity contribution in [1.29, 1.82) is 0 Å². The Morgan fingerprint density at radius 1 is 1.36 bits per heavy atom. The van der Waals surface area contributed by atoms with Gasteiger partial charge in [-0.15, -0.1) is 0 Å². The van der Waals surface area contributed by atoms with E-state index in [2.05, 4.69) is 0 Å². The van der Waals surface area contributed by atoms with Crippen LogP contribution in [-0.2, 0) is 0 Å². The summed E-state index contributed by atoms with van der Waals surface area (Å²) in [5.41, 5.74) is -0.301. The number of aliphatic hydroxyl groups excluding tert-OH is 1. The number of benzene rings is 1. The van der Waals surface area contributed by atoms with Crippen molar-refractivity contribution in [2.24, 2.45) is 0 Å². The number of para-hydroxylation sites is 1. The van der Waals surface area contributed by atoms with Gasteiger partial charge in [0.2, 0.25) is 0 Å². The van der Waals surface area contributed by atoms with E-state index >= 15 is 0 Å². The van der Waals surface area contributed by atoms with Gasteiger partial charge in [-0.25, -0.2) is 4.79 Å². The van der Waals surface area contributed by atoms with Crippen LogP contribution < -0.4 is 0 Å². The van der Waals surface area contributed by atoms with E-state index in [1.807, 2.05) is 0 Å². The van der Waals surface area contributed by atoms with E-state index in [9.17, 15) is 4.79 Å². The van der Waals surface area contributed by atoms with Gasteiger partial charge in [-0.3, -0.25) is 0 Å². The molecule has 1 aromatic carbocycles. The fourth-order valence-corrected chi connectivity index (χ4v) is 0.704. The van der Waals surface area contributed by atoms with E-state index < -0.39 is 17.5 Å². The van der Waals surface area contributed by atoms with E-state index in [4.69, 9.17) is 20.4 Å². The van der Waals surface area contributed by atoms with Crippen LogP contribution in [0.4, 0.5) is 0 Å². The molecule has 0 heterocycles. The minimum atomic E-state index is -1.27. The summed E-state index contributed by atoms with van der Waals surface area (Å²) < 4.78 is 0. The molecular formula is C9H12O5. The topological polar surface area (TPSA) is 98.0 Å². The lowest BCUT2D eigenvalue weighted by atomic mass is 10.2. The number of aromatic hydroxyl groups is 2. The molecule has 0 amide bonds. The minimum absolute atomic E-state index is 0.250. The number of carboxylic acids is 1. The first-order valence-electron chi connectivity index (χ1n) is 3.89. The Morgan fingerprint density at radius 3 is 2.21 bits per heavy atom. The average molecular weight is 200 g/mol. The van der Waals surface area contributed by atoms with Crippen LogP contribution in [-0.4, -0.2) is 33.0 Å². The van der Waals surface area contributed by atoms with Gasteiger partial charge < -0.3 is 20.4 Å². The molecule has 0 atom stereocenters. The maximum absolute atomic E-state index is 10.3. The van der Waals surface area contributed by atoms with Crippen molar-refractivity contribution in [3.8, 4) is 11.5 Å². The third-order valence-electron chi connectivity index (χ3n) is 1.25. The van der Waals surface area contributed by atoms with Gasteiger partial charge in [-0.1, -0.05) is 6.07 Å². The van der Waals surface area contributed by atoms with Crippen LogP contribution >= 0.6 is 0 Å². The quantitative estimate of drug-likeness (QED) is 0.502. The molecule has 14 heavy (non-hydrogen) atoms. The van der Waals surface area contributed by atoms with Crippen LogP contribution in [0.1, 0.15) is 17.3 Å². The summed E-state index contributed by atoms with van der Waals surface area (Å²) in [5.74, 6) is -2.29. The number of aliphatic hydroxyl groups is 1. The number of hydrogen-bond acceptors (Lipinski definition) is 4. The van der Waals surface area contributed by atoms with Gasteiger partial charge in [0, 0.05) is 6.61 Å². The largest absolute Gasteiger partial charge is 0.504 e. The molecule has 0 aliphatic rings. The van der Waals surface area contributed by atoms with Crippen LogP contribution in [0.15, 0.2) is 18.2 Å². The molecule has 5 heteroatoms. The predicted octanol–water partition coefficient (Wildman–Crippen LogP) is 0.795. The highest BCUT2D eigenvalue weighted by atomic mass is 16.4. The number of hydrogen-bond donors (Lipinski definition) is 4. The van der Waals surface area contributed by atoms with Gasteiger partial charge >= 0.3 is 5.97 Å². The first kappa shape index (κ1) is 12.2. The van der Waals surface area contributed by atoms with Gasteiger partial charge in [0.1, 0.15) is 5.56 Å². The monoisotopic (exact) mass is 200 g/mol. The Labute approximate surface area is 80.9 Å². The second kappa shape index (κ2) is 5.82. The zero-order valence-electron chi connectivity index (χ0n) is 7.64. The maximum Gasteiger partial charge on any atom is 0.339 e. The normalized spacial score (nSPS) is 8.71. The number of aromatic carboxylic acids is 1. The van der Waals surface area contributed by atoms with Crippen molar-refractivity contribution in [1.82, 2.24) is 0 Å². The summed E-state index contributed by atoms with van der Waals surface area (Å²) in [6.07, 6.45) is 0. The molecule has 1 rings (SSSR count). The molecule has 0 fully saturated rings. The summed E-state index contributed by atoms with van der Waals surface area (Å²) in [4.78, 5) is 10.3. The number of phenolic OH excluding ortho intramolecular Hbond substituents is 1. The minimum Gasteiger partial charge on any atom is -0.504 e. The van der Waals surface area contributed by atoms with Crippen LogP contribution in [0.25, 0.3) is 0 Å². The lowest BCUT2D eigenvalue weighted by molar-refractivity contribution is 0.0693. The molecule has 4 N–H and O–H groups in total. The zero-order valence-corrected chi connectivity index (χ0v) is 7.64. The fraction of sp³-hybridized carbons (Fsp3) is 0.222. The van der Waals surface area contributed by atoms with Crippen molar-refractivity contribution in [3.05, 3.63) is 23.8 Å². The highest BCUT2D eigenvalue weighted by Gasteiger charge is 2.11. The number of carbonyl (C=O) groups is 1. The molecule has 0 aliphatic heterocycles. The van der Waals surface area contributed by atoms with Crippen molar-refractivity contribution >= 4 is 5.97 Å². The molecule has 78 valence electrons. The Balaban J connectivity index is 0.000000500. The molecule has 1 aromatic rings. The van der Waals surface area contributed by atoms with E-state index in [1.54, 1.807) is 6.92 Å². The van der Waals surface area contributed by atoms with E-state index in [0.717, 1.165) is 0 Å². The van der Waals surface area contributed by atoms with Gasteiger partial charge in [-0.05, 0) is 19.1 Å². The lowest BCUT2D eigenvalue weighted by Gasteiger charge is -1.99. The van der Waals surface area contributed by atoms with E-state index in [1.165, 1.54) is 18.2 Å². The average Bonchev–Trinajstić information content (AvgIpc) is 2.10. The molecule has 0 spiro atoms. The second-order valence-corrected chi connectivity index (χ2v) is 2.29. The summed E-state index contributed by atoms with van der Waals surface area (Å²) in [6.45, 7) is 1.93. The van der Waals surface area contributed by atoms with Crippen LogP contribution in [0.3, 0.4) is 0 Å². The molecule has 5 nitrogen and oxygen atoms in total. The smallest absolute Gasteiger partial charge is 0.339 e. The molecule has 0 bridgehead atoms. The highest BCUT2D eigenvalue weighted by molar-refractivity contribution is 5.91. The molecular weight excluding hydrogens is 188 g/mol. The van der Waals surface area contributed by atoms with Crippen LogP contribution in [0.2, 0.25) is 0 Å². The molecule has 0 unspecified atom stereocenters. The molecule has 0 saturated carbocycles. The predicted molar refractivity (Wildman–Crippen MR) is 49.5 cm³/mol. The second-order valence-electron chi connectivity index (χ2n) is 2.29. The first-order chi connectivity index (χ1) is 6.54. The SMILES string of the molecule is CCO.O=C(O)c1cccc(O)c1O. The molecule has 0 aliphatic carbocycles. The van der Waals surface area contributed by atoms with Gasteiger partial charge in [0.05, 0.1) is 0 Å². The third kappa shape index (κ3) is 3.32. The third-order valence-corrected chi connectivity index (χ3v) is 1.25. The van der Waals surface area contributed by atoms with Crippen LogP contribution in [0, 0.1) is 0 Å². The van der Waals surface area contributed by atoms with Crippen molar-refractivity contribution in [2.45, 2.75) is 6.92 Å². The Hall–Kier alpha value is -1.75. The van der Waals surface area contributed by atoms with E-state index in [0.29, 0.717) is 0 Å². The van der Waals surface area contributed by atoms with Crippen molar-refractivity contribution < 1.29 is 25.2 Å². The van der Waals surface area contributed by atoms with Gasteiger partial charge in [0.15, 0.2) is 11.5 Å². The fourth-order valence-electron chi connectivity index (χ4n) is 0.704. The Kier molecular flexibility index (Phi) is 5.09. The van der Waals surface area contributed by atoms with Gasteiger partial charge in [0.25, 0.3) is 0 Å². The van der Waals surface area contributed by atoms with Crippen molar-refractivity contribution in [3.63, 3.8) is 0 Å². The Bertz CT molecular complexity index is 308. The lowest BCUT2D eigenvalue weighted by Crippen LogP contribution is -1.95.